The molecule has 4 heterocycles. The van der Waals surface area contributed by atoms with E-state index in [-0.39, 0.29) is 24.1 Å². The van der Waals surface area contributed by atoms with Gasteiger partial charge in [0, 0.05) is 19.5 Å². The third kappa shape index (κ3) is 3.02. The Morgan fingerprint density at radius 1 is 1.31 bits per heavy atom. The Hall–Kier alpha value is -1.90. The van der Waals surface area contributed by atoms with Gasteiger partial charge in [-0.1, -0.05) is 18.3 Å². The number of aryl methyl sites for hydroxylation is 2. The number of morpholine rings is 1. The van der Waals surface area contributed by atoms with Crippen molar-refractivity contribution >= 4 is 16.3 Å². The molecule has 0 aliphatic carbocycles. The molecule has 3 atom stereocenters. The van der Waals surface area contributed by atoms with E-state index in [0.29, 0.717) is 4.96 Å². The van der Waals surface area contributed by atoms with E-state index in [4.69, 9.17) is 9.15 Å². The summed E-state index contributed by atoms with van der Waals surface area (Å²) in [6.07, 6.45) is 0.976. The van der Waals surface area contributed by atoms with Crippen LogP contribution < -0.4 is 0 Å². The number of aromatic hydroxyl groups is 1. The fourth-order valence-electron chi connectivity index (χ4n) is 3.62. The lowest BCUT2D eigenvalue weighted by Crippen LogP contribution is -2.47. The van der Waals surface area contributed by atoms with E-state index >= 15 is 0 Å². The number of nitrogens with zero attached hydrogens (tertiary/aromatic N) is 4. The molecule has 1 fully saturated rings. The van der Waals surface area contributed by atoms with Crippen LogP contribution >= 0.6 is 11.3 Å². The van der Waals surface area contributed by atoms with Gasteiger partial charge >= 0.3 is 0 Å². The van der Waals surface area contributed by atoms with E-state index in [1.54, 1.807) is 0 Å². The third-order valence-electron chi connectivity index (χ3n) is 4.65. The SMILES string of the molecule is CCc1nc2sc(C(c3ccc(C)o3)N3CC(C)OC(C)C3)c(O)n2n1. The quantitative estimate of drug-likeness (QED) is 0.754. The van der Waals surface area contributed by atoms with Gasteiger partial charge in [0.15, 0.2) is 5.82 Å². The molecule has 26 heavy (non-hydrogen) atoms. The average molecular weight is 376 g/mol. The third-order valence-corrected chi connectivity index (χ3v) is 5.72. The Morgan fingerprint density at radius 3 is 2.62 bits per heavy atom. The molecule has 0 amide bonds. The van der Waals surface area contributed by atoms with Gasteiger partial charge in [-0.2, -0.15) is 4.52 Å². The summed E-state index contributed by atoms with van der Waals surface area (Å²) in [7, 11) is 0. The van der Waals surface area contributed by atoms with Crippen molar-refractivity contribution in [3.8, 4) is 5.88 Å². The molecule has 1 aliphatic heterocycles. The van der Waals surface area contributed by atoms with Crippen molar-refractivity contribution < 1.29 is 14.3 Å². The highest BCUT2D eigenvalue weighted by molar-refractivity contribution is 7.17. The zero-order valence-electron chi connectivity index (χ0n) is 15.5. The summed E-state index contributed by atoms with van der Waals surface area (Å²) in [4.78, 5) is 8.32. The van der Waals surface area contributed by atoms with E-state index in [9.17, 15) is 5.11 Å². The van der Waals surface area contributed by atoms with E-state index in [2.05, 4.69) is 28.8 Å². The molecule has 0 saturated carbocycles. The van der Waals surface area contributed by atoms with Crippen molar-refractivity contribution in [1.82, 2.24) is 19.5 Å². The minimum absolute atomic E-state index is 0.119. The molecular formula is C18H24N4O3S. The van der Waals surface area contributed by atoms with E-state index in [1.165, 1.54) is 15.9 Å². The zero-order valence-corrected chi connectivity index (χ0v) is 16.3. The Bertz CT molecular complexity index is 905. The number of furan rings is 1. The van der Waals surface area contributed by atoms with E-state index in [0.717, 1.165) is 41.7 Å². The van der Waals surface area contributed by atoms with Crippen molar-refractivity contribution in [2.75, 3.05) is 13.1 Å². The van der Waals surface area contributed by atoms with Crippen molar-refractivity contribution in [3.63, 3.8) is 0 Å². The second-order valence-electron chi connectivity index (χ2n) is 6.93. The molecule has 3 aromatic heterocycles. The van der Waals surface area contributed by atoms with E-state index in [1.807, 2.05) is 26.0 Å². The lowest BCUT2D eigenvalue weighted by molar-refractivity contribution is -0.0782. The smallest absolute Gasteiger partial charge is 0.230 e. The van der Waals surface area contributed by atoms with Gasteiger partial charge in [0.25, 0.3) is 0 Å². The van der Waals surface area contributed by atoms with Gasteiger partial charge in [-0.25, -0.2) is 4.98 Å². The first kappa shape index (κ1) is 17.5. The van der Waals surface area contributed by atoms with Crippen LogP contribution in [0.1, 0.15) is 49.0 Å². The monoisotopic (exact) mass is 376 g/mol. The standard InChI is InChI=1S/C18H24N4O3S/c1-5-14-19-18-22(20-14)17(23)16(26-18)15(13-7-6-10(2)25-13)21-8-11(3)24-12(4)9-21/h6-7,11-12,15,23H,5,8-9H2,1-4H3. The van der Waals surface area contributed by atoms with Gasteiger partial charge in [-0.15, -0.1) is 5.10 Å². The second kappa shape index (κ2) is 6.68. The Labute approximate surface area is 156 Å². The van der Waals surface area contributed by atoms with Gasteiger partial charge in [0.05, 0.1) is 17.1 Å². The van der Waals surface area contributed by atoms with Crippen LogP contribution in [0.4, 0.5) is 0 Å². The number of hydrogen-bond acceptors (Lipinski definition) is 7. The van der Waals surface area contributed by atoms with Gasteiger partial charge < -0.3 is 14.3 Å². The van der Waals surface area contributed by atoms with Gasteiger partial charge in [0.1, 0.15) is 17.6 Å². The molecule has 1 N–H and O–H groups in total. The van der Waals surface area contributed by atoms with Gasteiger partial charge in [-0.05, 0) is 32.9 Å². The maximum atomic E-state index is 10.9. The van der Waals surface area contributed by atoms with Crippen LogP contribution in [-0.2, 0) is 11.2 Å². The number of aromatic nitrogens is 3. The largest absolute Gasteiger partial charge is 0.492 e. The molecule has 140 valence electrons. The molecule has 0 bridgehead atoms. The zero-order chi connectivity index (χ0) is 18.4. The van der Waals surface area contributed by atoms with Crippen molar-refractivity contribution in [3.05, 3.63) is 34.4 Å². The minimum Gasteiger partial charge on any atom is -0.492 e. The highest BCUT2D eigenvalue weighted by Crippen LogP contribution is 2.41. The summed E-state index contributed by atoms with van der Waals surface area (Å²) in [6.45, 7) is 9.61. The van der Waals surface area contributed by atoms with Gasteiger partial charge in [0.2, 0.25) is 10.8 Å². The van der Waals surface area contributed by atoms with Crippen LogP contribution in [0.3, 0.4) is 0 Å². The predicted molar refractivity (Wildman–Crippen MR) is 98.8 cm³/mol. The topological polar surface area (TPSA) is 76.0 Å². The predicted octanol–water partition coefficient (Wildman–Crippen LogP) is 3.16. The molecule has 0 radical (unpaired) electrons. The minimum atomic E-state index is -0.184. The molecule has 0 spiro atoms. The first-order valence-corrected chi connectivity index (χ1v) is 9.81. The molecular weight excluding hydrogens is 352 g/mol. The summed E-state index contributed by atoms with van der Waals surface area (Å²) < 4.78 is 13.4. The van der Waals surface area contributed by atoms with Crippen LogP contribution in [-0.4, -0.2) is 49.9 Å². The fraction of sp³-hybridized carbons (Fsp3) is 0.556. The maximum Gasteiger partial charge on any atom is 0.230 e. The summed E-state index contributed by atoms with van der Waals surface area (Å²) in [5.41, 5.74) is 0. The summed E-state index contributed by atoms with van der Waals surface area (Å²) in [5.74, 6) is 2.55. The van der Waals surface area contributed by atoms with Crippen LogP contribution in [0.5, 0.6) is 5.88 Å². The number of ether oxygens (including phenoxy) is 1. The van der Waals surface area contributed by atoms with Crippen LogP contribution in [0, 0.1) is 6.92 Å². The Morgan fingerprint density at radius 2 is 2.04 bits per heavy atom. The van der Waals surface area contributed by atoms with Crippen LogP contribution in [0.2, 0.25) is 0 Å². The van der Waals surface area contributed by atoms with Gasteiger partial charge in [-0.3, -0.25) is 4.90 Å². The first-order valence-electron chi connectivity index (χ1n) is 8.99. The van der Waals surface area contributed by atoms with E-state index < -0.39 is 0 Å². The normalized spacial score (nSPS) is 22.9. The van der Waals surface area contributed by atoms with Crippen molar-refractivity contribution in [2.24, 2.45) is 0 Å². The molecule has 4 rings (SSSR count). The fourth-order valence-corrected chi connectivity index (χ4v) is 4.74. The summed E-state index contributed by atoms with van der Waals surface area (Å²) in [5, 5.41) is 15.3. The van der Waals surface area contributed by atoms with Crippen molar-refractivity contribution in [2.45, 2.75) is 52.4 Å². The first-order chi connectivity index (χ1) is 12.5. The maximum absolute atomic E-state index is 10.9. The Balaban J connectivity index is 1.80. The highest BCUT2D eigenvalue weighted by atomic mass is 32.1. The average Bonchev–Trinajstić information content (AvgIpc) is 3.25. The highest BCUT2D eigenvalue weighted by Gasteiger charge is 2.35. The molecule has 1 saturated heterocycles. The number of rotatable bonds is 4. The van der Waals surface area contributed by atoms with Crippen LogP contribution in [0.15, 0.2) is 16.5 Å². The molecule has 8 heteroatoms. The lowest BCUT2D eigenvalue weighted by Gasteiger charge is -2.39. The number of hydrogen-bond donors (Lipinski definition) is 1. The molecule has 7 nitrogen and oxygen atoms in total. The number of fused-ring (bicyclic) bond motifs is 1. The second-order valence-corrected chi connectivity index (χ2v) is 7.94. The number of thiazole rings is 1. The Kier molecular flexibility index (Phi) is 4.50. The lowest BCUT2D eigenvalue weighted by atomic mass is 10.1. The summed E-state index contributed by atoms with van der Waals surface area (Å²) in [6, 6.07) is 3.76. The molecule has 1 aliphatic rings. The van der Waals surface area contributed by atoms with Crippen LogP contribution in [0.25, 0.3) is 4.96 Å². The molecule has 3 unspecified atom stereocenters. The summed E-state index contributed by atoms with van der Waals surface area (Å²) >= 11 is 1.47. The molecule has 3 aromatic rings. The molecule has 0 aromatic carbocycles. The van der Waals surface area contributed by atoms with Crippen molar-refractivity contribution in [1.29, 1.82) is 0 Å².